The Morgan fingerprint density at radius 3 is 2.62 bits per heavy atom. The highest BCUT2D eigenvalue weighted by Gasteiger charge is 2.07. The highest BCUT2D eigenvalue weighted by atomic mass is 15.3. The van der Waals surface area contributed by atoms with Crippen LogP contribution in [0.5, 0.6) is 0 Å². The van der Waals surface area contributed by atoms with Crippen molar-refractivity contribution in [2.24, 2.45) is 5.73 Å². The van der Waals surface area contributed by atoms with Crippen LogP contribution in [-0.4, -0.2) is 9.78 Å². The summed E-state index contributed by atoms with van der Waals surface area (Å²) in [5, 5.41) is 4.49. The van der Waals surface area contributed by atoms with Gasteiger partial charge in [0.2, 0.25) is 0 Å². The van der Waals surface area contributed by atoms with E-state index in [0.29, 0.717) is 6.54 Å². The predicted molar refractivity (Wildman–Crippen MR) is 65.7 cm³/mol. The molecule has 0 aliphatic heterocycles. The highest BCUT2D eigenvalue weighted by Crippen LogP contribution is 2.18. The molecule has 3 nitrogen and oxygen atoms in total. The summed E-state index contributed by atoms with van der Waals surface area (Å²) in [6, 6.07) is 6.24. The summed E-state index contributed by atoms with van der Waals surface area (Å²) >= 11 is 0. The zero-order chi connectivity index (χ0) is 11.7. The summed E-state index contributed by atoms with van der Waals surface area (Å²) in [7, 11) is 0. The minimum atomic E-state index is 0.538. The zero-order valence-electron chi connectivity index (χ0n) is 9.99. The highest BCUT2D eigenvalue weighted by molar-refractivity contribution is 5.44. The van der Waals surface area contributed by atoms with E-state index in [-0.39, 0.29) is 0 Å². The molecule has 2 N–H and O–H groups in total. The Hall–Kier alpha value is -1.61. The fraction of sp³-hybridized carbons (Fsp3) is 0.308. The molecule has 0 saturated heterocycles. The van der Waals surface area contributed by atoms with Crippen LogP contribution < -0.4 is 5.73 Å². The Balaban J connectivity index is 2.54. The normalized spacial score (nSPS) is 10.8. The molecular weight excluding hydrogens is 198 g/mol. The fourth-order valence-corrected chi connectivity index (χ4v) is 1.80. The van der Waals surface area contributed by atoms with Crippen molar-refractivity contribution < 1.29 is 0 Å². The van der Waals surface area contributed by atoms with Gasteiger partial charge < -0.3 is 5.73 Å². The third-order valence-corrected chi connectivity index (χ3v) is 3.04. The maximum Gasteiger partial charge on any atom is 0.0677 e. The van der Waals surface area contributed by atoms with E-state index in [1.165, 1.54) is 11.1 Å². The van der Waals surface area contributed by atoms with E-state index < -0.39 is 0 Å². The average Bonchev–Trinajstić information content (AvgIpc) is 2.63. The molecule has 0 amide bonds. The summed E-state index contributed by atoms with van der Waals surface area (Å²) in [6.07, 6.45) is 2.01. The first-order valence-electron chi connectivity index (χ1n) is 5.45. The molecule has 16 heavy (non-hydrogen) atoms. The second-order valence-electron chi connectivity index (χ2n) is 4.11. The van der Waals surface area contributed by atoms with Gasteiger partial charge in [-0.3, -0.25) is 0 Å². The smallest absolute Gasteiger partial charge is 0.0677 e. The minimum absolute atomic E-state index is 0.538. The van der Waals surface area contributed by atoms with Crippen LogP contribution in [0, 0.1) is 20.8 Å². The number of hydrogen-bond donors (Lipinski definition) is 1. The van der Waals surface area contributed by atoms with Crippen molar-refractivity contribution in [3.63, 3.8) is 0 Å². The van der Waals surface area contributed by atoms with Gasteiger partial charge in [-0.25, -0.2) is 4.68 Å². The molecule has 1 aromatic carbocycles. The Morgan fingerprint density at radius 1 is 1.25 bits per heavy atom. The van der Waals surface area contributed by atoms with Gasteiger partial charge >= 0.3 is 0 Å². The number of benzene rings is 1. The van der Waals surface area contributed by atoms with Crippen LogP contribution in [-0.2, 0) is 6.54 Å². The molecule has 0 atom stereocenters. The third kappa shape index (κ3) is 1.74. The van der Waals surface area contributed by atoms with Gasteiger partial charge in [0.15, 0.2) is 0 Å². The fourth-order valence-electron chi connectivity index (χ4n) is 1.80. The van der Waals surface area contributed by atoms with Crippen LogP contribution in [0.25, 0.3) is 5.69 Å². The first-order valence-corrected chi connectivity index (χ1v) is 5.45. The van der Waals surface area contributed by atoms with Gasteiger partial charge in [0.25, 0.3) is 0 Å². The summed E-state index contributed by atoms with van der Waals surface area (Å²) in [4.78, 5) is 0. The van der Waals surface area contributed by atoms with Gasteiger partial charge in [-0.1, -0.05) is 12.1 Å². The Kier molecular flexibility index (Phi) is 2.79. The summed E-state index contributed by atoms with van der Waals surface area (Å²) < 4.78 is 1.92. The van der Waals surface area contributed by atoms with Crippen molar-refractivity contribution in [2.75, 3.05) is 0 Å². The van der Waals surface area contributed by atoms with Crippen LogP contribution in [0.1, 0.15) is 22.4 Å². The summed E-state index contributed by atoms with van der Waals surface area (Å²) in [5.74, 6) is 0. The van der Waals surface area contributed by atoms with Gasteiger partial charge in [0, 0.05) is 18.3 Å². The second-order valence-corrected chi connectivity index (χ2v) is 4.11. The molecule has 2 aromatic rings. The standard InChI is InChI=1S/C13H17N3/c1-9-5-4-6-13(10(9)2)16-8-12(7-14)11(3)15-16/h4-6,8H,7,14H2,1-3H3. The monoisotopic (exact) mass is 215 g/mol. The first kappa shape index (κ1) is 10.9. The van der Waals surface area contributed by atoms with E-state index in [4.69, 9.17) is 5.73 Å². The molecule has 3 heteroatoms. The molecule has 2 rings (SSSR count). The topological polar surface area (TPSA) is 43.8 Å². The molecule has 1 aromatic heterocycles. The average molecular weight is 215 g/mol. The third-order valence-electron chi connectivity index (χ3n) is 3.04. The van der Waals surface area contributed by atoms with Gasteiger partial charge in [0.1, 0.15) is 0 Å². The molecule has 84 valence electrons. The maximum absolute atomic E-state index is 5.66. The Bertz CT molecular complexity index is 512. The first-order chi connectivity index (χ1) is 7.63. The molecule has 0 bridgehead atoms. The molecular formula is C13H17N3. The van der Waals surface area contributed by atoms with Crippen molar-refractivity contribution in [1.82, 2.24) is 9.78 Å². The minimum Gasteiger partial charge on any atom is -0.326 e. The van der Waals surface area contributed by atoms with Crippen molar-refractivity contribution >= 4 is 0 Å². The molecule has 0 radical (unpaired) electrons. The summed E-state index contributed by atoms with van der Waals surface area (Å²) in [6.45, 7) is 6.75. The van der Waals surface area contributed by atoms with Crippen molar-refractivity contribution in [3.8, 4) is 5.69 Å². The number of aromatic nitrogens is 2. The lowest BCUT2D eigenvalue weighted by molar-refractivity contribution is 0.854. The van der Waals surface area contributed by atoms with E-state index in [1.807, 2.05) is 17.8 Å². The van der Waals surface area contributed by atoms with Gasteiger partial charge in [-0.15, -0.1) is 0 Å². The van der Waals surface area contributed by atoms with Gasteiger partial charge in [0.05, 0.1) is 11.4 Å². The van der Waals surface area contributed by atoms with E-state index >= 15 is 0 Å². The van der Waals surface area contributed by atoms with Gasteiger partial charge in [-0.2, -0.15) is 5.10 Å². The molecule has 0 aliphatic carbocycles. The maximum atomic E-state index is 5.66. The number of aryl methyl sites for hydroxylation is 2. The Morgan fingerprint density at radius 2 is 2.00 bits per heavy atom. The number of hydrogen-bond acceptors (Lipinski definition) is 2. The summed E-state index contributed by atoms with van der Waals surface area (Å²) in [5.41, 5.74) is 11.4. The van der Waals surface area contributed by atoms with Crippen molar-refractivity contribution in [2.45, 2.75) is 27.3 Å². The van der Waals surface area contributed by atoms with Gasteiger partial charge in [-0.05, 0) is 38.0 Å². The molecule has 0 saturated carbocycles. The van der Waals surface area contributed by atoms with Crippen LogP contribution >= 0.6 is 0 Å². The quantitative estimate of drug-likeness (QED) is 0.835. The number of rotatable bonds is 2. The molecule has 0 spiro atoms. The molecule has 0 fully saturated rings. The second kappa shape index (κ2) is 4.10. The lowest BCUT2D eigenvalue weighted by Crippen LogP contribution is -1.99. The molecule has 1 heterocycles. The van der Waals surface area contributed by atoms with E-state index in [1.54, 1.807) is 0 Å². The molecule has 0 unspecified atom stereocenters. The van der Waals surface area contributed by atoms with Crippen LogP contribution in [0.15, 0.2) is 24.4 Å². The van der Waals surface area contributed by atoms with E-state index in [2.05, 4.69) is 37.1 Å². The van der Waals surface area contributed by atoms with E-state index in [9.17, 15) is 0 Å². The number of nitrogens with two attached hydrogens (primary N) is 1. The van der Waals surface area contributed by atoms with Crippen LogP contribution in [0.4, 0.5) is 0 Å². The lowest BCUT2D eigenvalue weighted by atomic mass is 10.1. The number of nitrogens with zero attached hydrogens (tertiary/aromatic N) is 2. The predicted octanol–water partition coefficient (Wildman–Crippen LogP) is 2.26. The largest absolute Gasteiger partial charge is 0.326 e. The van der Waals surface area contributed by atoms with Crippen molar-refractivity contribution in [3.05, 3.63) is 46.8 Å². The van der Waals surface area contributed by atoms with Crippen LogP contribution in [0.2, 0.25) is 0 Å². The lowest BCUT2D eigenvalue weighted by Gasteiger charge is -2.07. The van der Waals surface area contributed by atoms with E-state index in [0.717, 1.165) is 16.9 Å². The van der Waals surface area contributed by atoms with Crippen LogP contribution in [0.3, 0.4) is 0 Å². The van der Waals surface area contributed by atoms with Crippen molar-refractivity contribution in [1.29, 1.82) is 0 Å². The Labute approximate surface area is 95.9 Å². The SMILES string of the molecule is Cc1cccc(-n2cc(CN)c(C)n2)c1C. The zero-order valence-corrected chi connectivity index (χ0v) is 9.99. The molecule has 0 aliphatic rings.